The van der Waals surface area contributed by atoms with E-state index in [0.29, 0.717) is 12.3 Å². The zero-order valence-corrected chi connectivity index (χ0v) is 11.8. The topological polar surface area (TPSA) is 51.8 Å². The molecule has 0 fully saturated rings. The van der Waals surface area contributed by atoms with Crippen molar-refractivity contribution < 1.29 is 4.39 Å². The maximum Gasteiger partial charge on any atom is 0.188 e. The first-order valence-electron chi connectivity index (χ1n) is 6.01. The lowest BCUT2D eigenvalue weighted by molar-refractivity contribution is 0.624. The number of benzene rings is 1. The van der Waals surface area contributed by atoms with Crippen LogP contribution in [0.5, 0.6) is 0 Å². The van der Waals surface area contributed by atoms with Gasteiger partial charge in [-0.3, -0.25) is 0 Å². The van der Waals surface area contributed by atoms with E-state index in [-0.39, 0.29) is 5.82 Å². The van der Waals surface area contributed by atoms with E-state index in [1.54, 1.807) is 6.07 Å². The Balaban J connectivity index is 2.14. The summed E-state index contributed by atoms with van der Waals surface area (Å²) in [5.74, 6) is 0.437. The number of nitrogens with two attached hydrogens (primary N) is 1. The molecule has 1 aromatic carbocycles. The molecule has 0 radical (unpaired) electrons. The van der Waals surface area contributed by atoms with Gasteiger partial charge in [0.2, 0.25) is 0 Å². The molecule has 5 heteroatoms. The quantitative estimate of drug-likeness (QED) is 0.689. The van der Waals surface area contributed by atoms with Crippen LogP contribution in [0.3, 0.4) is 0 Å². The van der Waals surface area contributed by atoms with Gasteiger partial charge in [0.25, 0.3) is 0 Å². The maximum absolute atomic E-state index is 13.1. The fourth-order valence-electron chi connectivity index (χ4n) is 1.83. The molecule has 2 aromatic rings. The second-order valence-corrected chi connectivity index (χ2v) is 5.28. The molecule has 1 aromatic heterocycles. The van der Waals surface area contributed by atoms with Crippen molar-refractivity contribution in [1.29, 1.82) is 0 Å². The van der Waals surface area contributed by atoms with E-state index in [4.69, 9.17) is 5.73 Å². The van der Waals surface area contributed by atoms with Crippen molar-refractivity contribution in [3.05, 3.63) is 52.6 Å². The Hall–Kier alpha value is -1.46. The minimum Gasteiger partial charge on any atom is -0.326 e. The Bertz CT molecular complexity index is 567. The molecule has 0 amide bonds. The number of nitrogens with zero attached hydrogens (tertiary/aromatic N) is 2. The van der Waals surface area contributed by atoms with E-state index >= 15 is 0 Å². The number of hydrogen-bond acceptors (Lipinski definition) is 4. The lowest BCUT2D eigenvalue weighted by Gasteiger charge is -2.07. The highest BCUT2D eigenvalue weighted by atomic mass is 32.2. The van der Waals surface area contributed by atoms with Crippen LogP contribution in [0.2, 0.25) is 0 Å². The zero-order chi connectivity index (χ0) is 13.8. The molecular formula is C14H16FN3S. The summed E-state index contributed by atoms with van der Waals surface area (Å²) in [4.78, 5) is 8.74. The highest BCUT2D eigenvalue weighted by molar-refractivity contribution is 7.98. The normalized spacial score (nSPS) is 10.7. The van der Waals surface area contributed by atoms with Crippen molar-refractivity contribution in [2.45, 2.75) is 31.3 Å². The van der Waals surface area contributed by atoms with Crippen molar-refractivity contribution >= 4 is 11.8 Å². The van der Waals surface area contributed by atoms with E-state index in [1.165, 1.54) is 23.9 Å². The van der Waals surface area contributed by atoms with Gasteiger partial charge in [-0.05, 0) is 43.2 Å². The lowest BCUT2D eigenvalue weighted by Crippen LogP contribution is -2.02. The summed E-state index contributed by atoms with van der Waals surface area (Å²) in [6.07, 6.45) is 0. The summed E-state index contributed by atoms with van der Waals surface area (Å²) in [5, 5.41) is 0.741. The van der Waals surface area contributed by atoms with Gasteiger partial charge in [-0.2, -0.15) is 0 Å². The van der Waals surface area contributed by atoms with Gasteiger partial charge in [0.1, 0.15) is 5.82 Å². The van der Waals surface area contributed by atoms with Crippen molar-refractivity contribution in [3.63, 3.8) is 0 Å². The first kappa shape index (κ1) is 14.0. The minimum atomic E-state index is -0.253. The Labute approximate surface area is 116 Å². The number of aromatic nitrogens is 2. The van der Waals surface area contributed by atoms with Crippen LogP contribution in [0.15, 0.2) is 29.4 Å². The van der Waals surface area contributed by atoms with Crippen LogP contribution in [-0.2, 0) is 12.3 Å². The molecule has 0 aliphatic carbocycles. The first-order chi connectivity index (χ1) is 9.08. The van der Waals surface area contributed by atoms with Crippen LogP contribution in [-0.4, -0.2) is 9.97 Å². The maximum atomic E-state index is 13.1. The predicted molar refractivity (Wildman–Crippen MR) is 75.4 cm³/mol. The van der Waals surface area contributed by atoms with Gasteiger partial charge < -0.3 is 5.73 Å². The molecule has 19 heavy (non-hydrogen) atoms. The Morgan fingerprint density at radius 2 is 1.79 bits per heavy atom. The second kappa shape index (κ2) is 6.12. The molecule has 2 N–H and O–H groups in total. The van der Waals surface area contributed by atoms with Crippen molar-refractivity contribution in [2.24, 2.45) is 5.73 Å². The number of rotatable bonds is 4. The van der Waals surface area contributed by atoms with Gasteiger partial charge in [0.05, 0.1) is 0 Å². The van der Waals surface area contributed by atoms with Crippen molar-refractivity contribution in [2.75, 3.05) is 0 Å². The highest BCUT2D eigenvalue weighted by Gasteiger charge is 2.06. The molecule has 3 nitrogen and oxygen atoms in total. The standard InChI is InChI=1S/C14H16FN3S/c1-9-5-10(2)18-14(17-9)19-8-11-3-4-13(15)6-12(11)7-16/h3-6H,7-8,16H2,1-2H3. The number of hydrogen-bond donors (Lipinski definition) is 1. The molecule has 100 valence electrons. The molecule has 0 atom stereocenters. The summed E-state index contributed by atoms with van der Waals surface area (Å²) >= 11 is 1.54. The van der Waals surface area contributed by atoms with E-state index in [9.17, 15) is 4.39 Å². The first-order valence-corrected chi connectivity index (χ1v) is 6.99. The summed E-state index contributed by atoms with van der Waals surface area (Å²) in [7, 11) is 0. The van der Waals surface area contributed by atoms with Crippen LogP contribution >= 0.6 is 11.8 Å². The number of thioether (sulfide) groups is 1. The van der Waals surface area contributed by atoms with Crippen molar-refractivity contribution in [3.8, 4) is 0 Å². The van der Waals surface area contributed by atoms with E-state index in [1.807, 2.05) is 19.9 Å². The summed E-state index contributed by atoms with van der Waals surface area (Å²) in [6, 6.07) is 6.65. The smallest absolute Gasteiger partial charge is 0.188 e. The molecule has 0 aliphatic heterocycles. The van der Waals surface area contributed by atoms with Gasteiger partial charge >= 0.3 is 0 Å². The summed E-state index contributed by atoms with van der Waals surface area (Å²) < 4.78 is 13.1. The van der Waals surface area contributed by atoms with Crippen LogP contribution in [0.25, 0.3) is 0 Å². The van der Waals surface area contributed by atoms with Gasteiger partial charge in [0.15, 0.2) is 5.16 Å². The van der Waals surface area contributed by atoms with Gasteiger partial charge in [-0.25, -0.2) is 14.4 Å². The third-order valence-corrected chi connectivity index (χ3v) is 3.60. The second-order valence-electron chi connectivity index (χ2n) is 4.34. The average Bonchev–Trinajstić information content (AvgIpc) is 2.36. The monoisotopic (exact) mass is 277 g/mol. The fourth-order valence-corrected chi connectivity index (χ4v) is 2.81. The number of halogens is 1. The predicted octanol–water partition coefficient (Wildman–Crippen LogP) is 2.98. The molecule has 0 saturated carbocycles. The van der Waals surface area contributed by atoms with Crippen LogP contribution < -0.4 is 5.73 Å². The van der Waals surface area contributed by atoms with Crippen LogP contribution in [0, 0.1) is 19.7 Å². The molecular weight excluding hydrogens is 261 g/mol. The number of aryl methyl sites for hydroxylation is 2. The summed E-state index contributed by atoms with van der Waals surface area (Å²) in [6.45, 7) is 4.23. The largest absolute Gasteiger partial charge is 0.326 e. The van der Waals surface area contributed by atoms with Gasteiger partial charge in [-0.1, -0.05) is 17.8 Å². The third kappa shape index (κ3) is 3.75. The zero-order valence-electron chi connectivity index (χ0n) is 11.0. The highest BCUT2D eigenvalue weighted by Crippen LogP contribution is 2.22. The van der Waals surface area contributed by atoms with E-state index in [2.05, 4.69) is 9.97 Å². The molecule has 0 aliphatic rings. The molecule has 2 rings (SSSR count). The Kier molecular flexibility index (Phi) is 4.50. The third-order valence-electron chi connectivity index (χ3n) is 2.71. The van der Waals surface area contributed by atoms with Gasteiger partial charge in [0, 0.05) is 23.7 Å². The van der Waals surface area contributed by atoms with Crippen LogP contribution in [0.4, 0.5) is 4.39 Å². The fraction of sp³-hybridized carbons (Fsp3) is 0.286. The van der Waals surface area contributed by atoms with Crippen molar-refractivity contribution in [1.82, 2.24) is 9.97 Å². The molecule has 0 bridgehead atoms. The Morgan fingerprint density at radius 3 is 2.42 bits per heavy atom. The molecule has 0 spiro atoms. The minimum absolute atomic E-state index is 0.253. The molecule has 0 unspecified atom stereocenters. The van der Waals surface area contributed by atoms with E-state index < -0.39 is 0 Å². The molecule has 0 saturated heterocycles. The molecule has 1 heterocycles. The van der Waals surface area contributed by atoms with E-state index in [0.717, 1.165) is 27.7 Å². The van der Waals surface area contributed by atoms with Gasteiger partial charge in [-0.15, -0.1) is 0 Å². The summed E-state index contributed by atoms with van der Waals surface area (Å²) in [5.41, 5.74) is 9.39. The van der Waals surface area contributed by atoms with Crippen LogP contribution in [0.1, 0.15) is 22.5 Å². The lowest BCUT2D eigenvalue weighted by atomic mass is 10.1. The SMILES string of the molecule is Cc1cc(C)nc(SCc2ccc(F)cc2CN)n1. The average molecular weight is 277 g/mol. The Morgan fingerprint density at radius 1 is 1.11 bits per heavy atom.